The summed E-state index contributed by atoms with van der Waals surface area (Å²) < 4.78 is 8.06. The molecule has 0 radical (unpaired) electrons. The predicted octanol–water partition coefficient (Wildman–Crippen LogP) is 2.26. The number of hydrogen-bond acceptors (Lipinski definition) is 11. The summed E-state index contributed by atoms with van der Waals surface area (Å²) in [5, 5.41) is 28.8. The number of piperidine rings is 1. The summed E-state index contributed by atoms with van der Waals surface area (Å²) in [6.45, 7) is 3.85. The van der Waals surface area contributed by atoms with Gasteiger partial charge in [0, 0.05) is 56.1 Å². The van der Waals surface area contributed by atoms with Gasteiger partial charge in [-0.15, -0.1) is 0 Å². The summed E-state index contributed by atoms with van der Waals surface area (Å²) in [5.74, 6) is 2.53. The molecule has 0 spiro atoms. The van der Waals surface area contributed by atoms with Gasteiger partial charge in [-0.3, -0.25) is 10.00 Å². The van der Waals surface area contributed by atoms with Gasteiger partial charge in [-0.2, -0.15) is 20.3 Å². The standard InChI is InChI=1S/C24H33N9O2S/c1-15-7-21(30-29-15)26-20-10-22(35-6-5-34)28-23(27-20)31(2)18-8-17-3-4-24(11-19(9-18)33(17)24)36-32-13-16(12-25)14-32/h7,10,16-19,34H,3-6,8-9,11,13-14H2,1-2H3,(H2,26,27,28,29,30). The lowest BCUT2D eigenvalue weighted by atomic mass is 9.82. The Kier molecular flexibility index (Phi) is 6.19. The van der Waals surface area contributed by atoms with Crippen molar-refractivity contribution in [1.82, 2.24) is 29.4 Å². The van der Waals surface area contributed by atoms with Gasteiger partial charge in [0.05, 0.1) is 23.5 Å². The Balaban J connectivity index is 1.15. The van der Waals surface area contributed by atoms with Gasteiger partial charge >= 0.3 is 0 Å². The second-order valence-corrected chi connectivity index (χ2v) is 11.9. The van der Waals surface area contributed by atoms with Crippen LogP contribution in [0.5, 0.6) is 5.88 Å². The van der Waals surface area contributed by atoms with Crippen molar-refractivity contribution in [2.45, 2.75) is 62.0 Å². The lowest BCUT2D eigenvalue weighted by Crippen LogP contribution is -2.68. The van der Waals surface area contributed by atoms with Crippen molar-refractivity contribution in [3.05, 3.63) is 17.8 Å². The summed E-state index contributed by atoms with van der Waals surface area (Å²) in [5.41, 5.74) is 0.956. The van der Waals surface area contributed by atoms with Crippen LogP contribution >= 0.6 is 11.9 Å². The highest BCUT2D eigenvalue weighted by atomic mass is 32.2. The van der Waals surface area contributed by atoms with Crippen molar-refractivity contribution in [3.63, 3.8) is 0 Å². The van der Waals surface area contributed by atoms with Gasteiger partial charge in [-0.05, 0) is 39.0 Å². The molecule has 0 aromatic carbocycles. The van der Waals surface area contributed by atoms with Crippen LogP contribution in [0.2, 0.25) is 0 Å². The summed E-state index contributed by atoms with van der Waals surface area (Å²) in [4.78, 5) is 14.7. The number of aliphatic hydroxyl groups is 1. The van der Waals surface area contributed by atoms with Crippen LogP contribution in [-0.4, -0.2) is 90.8 Å². The molecular weight excluding hydrogens is 478 g/mol. The Labute approximate surface area is 215 Å². The molecule has 4 aliphatic heterocycles. The number of aromatic nitrogens is 4. The number of aryl methyl sites for hydroxylation is 1. The largest absolute Gasteiger partial charge is 0.475 e. The maximum atomic E-state index is 9.23. The van der Waals surface area contributed by atoms with E-state index in [0.717, 1.165) is 31.6 Å². The highest BCUT2D eigenvalue weighted by molar-refractivity contribution is 7.98. The normalized spacial score (nSPS) is 29.7. The van der Waals surface area contributed by atoms with E-state index in [9.17, 15) is 5.11 Å². The van der Waals surface area contributed by atoms with E-state index >= 15 is 0 Å². The number of aliphatic hydroxyl groups excluding tert-OH is 1. The molecule has 2 aromatic rings. The summed E-state index contributed by atoms with van der Waals surface area (Å²) in [6.07, 6.45) is 5.82. The minimum Gasteiger partial charge on any atom is -0.475 e. The smallest absolute Gasteiger partial charge is 0.230 e. The molecule has 0 bridgehead atoms. The first-order valence-electron chi connectivity index (χ1n) is 12.7. The summed E-state index contributed by atoms with van der Waals surface area (Å²) in [7, 11) is 2.08. The molecule has 192 valence electrons. The zero-order valence-corrected chi connectivity index (χ0v) is 21.5. The van der Waals surface area contributed by atoms with Crippen LogP contribution < -0.4 is 15.0 Å². The molecule has 4 saturated heterocycles. The quantitative estimate of drug-likeness (QED) is 0.429. The Hall–Kier alpha value is -2.59. The van der Waals surface area contributed by atoms with Crippen molar-refractivity contribution in [2.75, 3.05) is 43.6 Å². The highest BCUT2D eigenvalue weighted by Crippen LogP contribution is 2.60. The first kappa shape index (κ1) is 23.8. The fourth-order valence-corrected chi connectivity index (χ4v) is 8.11. The van der Waals surface area contributed by atoms with Crippen LogP contribution in [0.15, 0.2) is 12.1 Å². The minimum atomic E-state index is -0.0767. The van der Waals surface area contributed by atoms with Gasteiger partial charge in [-0.1, -0.05) is 11.9 Å². The number of hydrogen-bond donors (Lipinski definition) is 3. The molecule has 0 amide bonds. The first-order valence-corrected chi connectivity index (χ1v) is 13.5. The van der Waals surface area contributed by atoms with Gasteiger partial charge in [0.1, 0.15) is 12.4 Å². The molecule has 6 rings (SSSR count). The molecular formula is C24H33N9O2S. The molecule has 36 heavy (non-hydrogen) atoms. The fourth-order valence-electron chi connectivity index (χ4n) is 6.25. The van der Waals surface area contributed by atoms with Crippen LogP contribution in [-0.2, 0) is 0 Å². The topological polar surface area (TPSA) is 129 Å². The Bertz CT molecular complexity index is 1150. The molecule has 12 heteroatoms. The van der Waals surface area contributed by atoms with Crippen LogP contribution in [0.4, 0.5) is 17.6 Å². The van der Waals surface area contributed by atoms with Crippen LogP contribution in [0, 0.1) is 24.2 Å². The van der Waals surface area contributed by atoms with Crippen molar-refractivity contribution < 1.29 is 9.84 Å². The summed E-state index contributed by atoms with van der Waals surface area (Å²) in [6, 6.07) is 7.54. The number of H-pyrrole nitrogens is 1. The maximum absolute atomic E-state index is 9.23. The summed E-state index contributed by atoms with van der Waals surface area (Å²) >= 11 is 2.00. The third kappa shape index (κ3) is 4.28. The number of nitriles is 1. The Morgan fingerprint density at radius 2 is 2.14 bits per heavy atom. The fraction of sp³-hybridized carbons (Fsp3) is 0.667. The van der Waals surface area contributed by atoms with Gasteiger partial charge in [0.25, 0.3) is 0 Å². The van der Waals surface area contributed by atoms with Crippen LogP contribution in [0.3, 0.4) is 0 Å². The molecule has 0 saturated carbocycles. The average molecular weight is 512 g/mol. The van der Waals surface area contributed by atoms with Crippen molar-refractivity contribution in [2.24, 2.45) is 5.92 Å². The number of nitrogens with one attached hydrogen (secondary N) is 2. The molecule has 4 atom stereocenters. The number of nitrogens with zero attached hydrogens (tertiary/aromatic N) is 7. The van der Waals surface area contributed by atoms with E-state index < -0.39 is 0 Å². The van der Waals surface area contributed by atoms with E-state index in [1.165, 1.54) is 19.3 Å². The van der Waals surface area contributed by atoms with E-state index in [1.807, 2.05) is 24.9 Å². The predicted molar refractivity (Wildman–Crippen MR) is 137 cm³/mol. The van der Waals surface area contributed by atoms with E-state index in [4.69, 9.17) is 15.0 Å². The monoisotopic (exact) mass is 511 g/mol. The van der Waals surface area contributed by atoms with E-state index in [0.29, 0.717) is 41.6 Å². The molecule has 3 N–H and O–H groups in total. The SMILES string of the molecule is Cc1cc(Nc2cc(OCCO)nc(N(C)C3CC4CCC5(SN6CC(C#N)C6)CC(C3)N45)n2)n[nH]1. The second-order valence-electron chi connectivity index (χ2n) is 10.4. The van der Waals surface area contributed by atoms with Gasteiger partial charge in [0.2, 0.25) is 11.8 Å². The lowest BCUT2D eigenvalue weighted by molar-refractivity contribution is -0.0433. The van der Waals surface area contributed by atoms with Crippen molar-refractivity contribution in [1.29, 1.82) is 5.26 Å². The third-order valence-corrected chi connectivity index (χ3v) is 9.43. The number of ether oxygens (including phenoxy) is 1. The van der Waals surface area contributed by atoms with E-state index in [1.54, 1.807) is 6.07 Å². The number of rotatable bonds is 9. The maximum Gasteiger partial charge on any atom is 0.230 e. The first-order chi connectivity index (χ1) is 17.5. The lowest BCUT2D eigenvalue weighted by Gasteiger charge is -2.61. The second kappa shape index (κ2) is 9.37. The number of anilines is 3. The van der Waals surface area contributed by atoms with Crippen LogP contribution in [0.1, 0.15) is 37.8 Å². The Morgan fingerprint density at radius 3 is 2.89 bits per heavy atom. The van der Waals surface area contributed by atoms with E-state index in [-0.39, 0.29) is 24.0 Å². The van der Waals surface area contributed by atoms with Gasteiger partial charge in [-0.25, -0.2) is 4.31 Å². The Morgan fingerprint density at radius 1 is 1.31 bits per heavy atom. The average Bonchev–Trinajstić information content (AvgIpc) is 3.39. The molecule has 4 fully saturated rings. The van der Waals surface area contributed by atoms with Gasteiger partial charge < -0.3 is 20.1 Å². The van der Waals surface area contributed by atoms with Crippen LogP contribution in [0.25, 0.3) is 0 Å². The zero-order chi connectivity index (χ0) is 24.9. The number of aromatic amines is 1. The molecule has 2 aromatic heterocycles. The highest BCUT2D eigenvalue weighted by Gasteiger charge is 2.62. The molecule has 0 aliphatic carbocycles. The molecule has 4 aliphatic rings. The zero-order valence-electron chi connectivity index (χ0n) is 20.7. The molecule has 6 heterocycles. The van der Waals surface area contributed by atoms with Gasteiger partial charge in [0.15, 0.2) is 5.82 Å². The molecule has 11 nitrogen and oxygen atoms in total. The van der Waals surface area contributed by atoms with Crippen molar-refractivity contribution in [3.8, 4) is 11.9 Å². The molecule has 4 unspecified atom stereocenters. The third-order valence-electron chi connectivity index (χ3n) is 7.96. The minimum absolute atomic E-state index is 0.0767. The van der Waals surface area contributed by atoms with Crippen molar-refractivity contribution >= 4 is 29.5 Å². The van der Waals surface area contributed by atoms with E-state index in [2.05, 4.69) is 47.7 Å².